The highest BCUT2D eigenvalue weighted by Gasteiger charge is 2.06. The lowest BCUT2D eigenvalue weighted by atomic mass is 10.2. The van der Waals surface area contributed by atoms with Crippen molar-refractivity contribution in [2.45, 2.75) is 0 Å². The molecule has 154 valence electrons. The SMILES string of the molecule is O=C(COc1ncccn1)Nc1ccc(Nc2cc(Nc3ccccn3)ncn2)cc1. The first-order chi connectivity index (χ1) is 15.2. The Kier molecular flexibility index (Phi) is 6.19. The van der Waals surface area contributed by atoms with Crippen LogP contribution in [0.4, 0.5) is 28.8 Å². The quantitative estimate of drug-likeness (QED) is 0.398. The van der Waals surface area contributed by atoms with E-state index in [9.17, 15) is 4.79 Å². The average molecular weight is 414 g/mol. The predicted octanol–water partition coefficient (Wildman–Crippen LogP) is 3.17. The van der Waals surface area contributed by atoms with Crippen LogP contribution in [0.2, 0.25) is 0 Å². The smallest absolute Gasteiger partial charge is 0.316 e. The Morgan fingerprint density at radius 1 is 0.742 bits per heavy atom. The van der Waals surface area contributed by atoms with Crippen molar-refractivity contribution < 1.29 is 9.53 Å². The van der Waals surface area contributed by atoms with Crippen molar-refractivity contribution in [1.82, 2.24) is 24.9 Å². The molecule has 0 atom stereocenters. The van der Waals surface area contributed by atoms with Gasteiger partial charge in [0, 0.05) is 36.0 Å². The van der Waals surface area contributed by atoms with E-state index in [0.717, 1.165) is 5.69 Å². The first-order valence-electron chi connectivity index (χ1n) is 9.31. The third kappa shape index (κ3) is 5.94. The predicted molar refractivity (Wildman–Crippen MR) is 115 cm³/mol. The van der Waals surface area contributed by atoms with Crippen LogP contribution in [0.25, 0.3) is 0 Å². The number of benzene rings is 1. The molecule has 0 aliphatic heterocycles. The number of hydrogen-bond acceptors (Lipinski definition) is 9. The van der Waals surface area contributed by atoms with E-state index in [0.29, 0.717) is 23.1 Å². The fraction of sp³-hybridized carbons (Fsp3) is 0.0476. The maximum absolute atomic E-state index is 12.0. The molecular formula is C21H18N8O2. The highest BCUT2D eigenvalue weighted by molar-refractivity contribution is 5.92. The van der Waals surface area contributed by atoms with Crippen LogP contribution in [-0.2, 0) is 4.79 Å². The molecule has 1 aromatic carbocycles. The van der Waals surface area contributed by atoms with E-state index < -0.39 is 0 Å². The maximum atomic E-state index is 12.0. The Hall–Kier alpha value is -4.60. The summed E-state index contributed by atoms with van der Waals surface area (Å²) in [5, 5.41) is 9.06. The highest BCUT2D eigenvalue weighted by atomic mass is 16.5. The number of nitrogens with one attached hydrogen (secondary N) is 3. The second-order valence-electron chi connectivity index (χ2n) is 6.20. The largest absolute Gasteiger partial charge is 0.453 e. The number of pyridine rings is 1. The number of nitrogens with zero attached hydrogens (tertiary/aromatic N) is 5. The van der Waals surface area contributed by atoms with Crippen molar-refractivity contribution in [1.29, 1.82) is 0 Å². The molecule has 31 heavy (non-hydrogen) atoms. The number of hydrogen-bond donors (Lipinski definition) is 3. The molecule has 10 nitrogen and oxygen atoms in total. The van der Waals surface area contributed by atoms with Crippen molar-refractivity contribution in [3.8, 4) is 6.01 Å². The molecule has 0 spiro atoms. The van der Waals surface area contributed by atoms with Gasteiger partial charge in [-0.15, -0.1) is 0 Å². The number of rotatable bonds is 8. The van der Waals surface area contributed by atoms with Gasteiger partial charge in [0.15, 0.2) is 6.61 Å². The van der Waals surface area contributed by atoms with Gasteiger partial charge in [-0.1, -0.05) is 6.07 Å². The molecule has 4 aromatic rings. The zero-order chi connectivity index (χ0) is 21.3. The summed E-state index contributed by atoms with van der Waals surface area (Å²) in [7, 11) is 0. The number of ether oxygens (including phenoxy) is 1. The molecule has 0 saturated carbocycles. The van der Waals surface area contributed by atoms with Crippen LogP contribution in [0.15, 0.2) is 79.5 Å². The highest BCUT2D eigenvalue weighted by Crippen LogP contribution is 2.20. The molecule has 0 aliphatic rings. The molecule has 0 saturated heterocycles. The van der Waals surface area contributed by atoms with Gasteiger partial charge in [0.2, 0.25) is 0 Å². The van der Waals surface area contributed by atoms with E-state index in [1.165, 1.54) is 6.33 Å². The summed E-state index contributed by atoms with van der Waals surface area (Å²) in [6.45, 7) is -0.184. The van der Waals surface area contributed by atoms with Crippen molar-refractivity contribution in [3.05, 3.63) is 79.5 Å². The van der Waals surface area contributed by atoms with E-state index in [-0.39, 0.29) is 18.5 Å². The monoisotopic (exact) mass is 414 g/mol. The summed E-state index contributed by atoms with van der Waals surface area (Å²) in [6.07, 6.45) is 6.24. The summed E-state index contributed by atoms with van der Waals surface area (Å²) < 4.78 is 5.23. The lowest BCUT2D eigenvalue weighted by Gasteiger charge is -2.10. The molecule has 0 bridgehead atoms. The molecule has 0 aliphatic carbocycles. The Morgan fingerprint density at radius 2 is 1.45 bits per heavy atom. The molecule has 10 heteroatoms. The molecule has 1 amide bonds. The normalized spacial score (nSPS) is 10.2. The summed E-state index contributed by atoms with van der Waals surface area (Å²) in [4.78, 5) is 32.4. The standard InChI is InChI=1S/C21H18N8O2/c30-20(13-31-21-23-10-3-11-24-21)28-16-7-5-15(6-8-16)27-18-12-19(26-14-25-18)29-17-4-1-2-9-22-17/h1-12,14H,13H2,(H,28,30)(H2,22,25,26,27,29). The zero-order valence-corrected chi connectivity index (χ0v) is 16.3. The topological polar surface area (TPSA) is 127 Å². The number of amides is 1. The van der Waals surface area contributed by atoms with Gasteiger partial charge in [-0.05, 0) is 42.5 Å². The fourth-order valence-electron chi connectivity index (χ4n) is 2.53. The summed E-state index contributed by atoms with van der Waals surface area (Å²) in [6, 6.07) is 16.4. The van der Waals surface area contributed by atoms with Gasteiger partial charge in [0.1, 0.15) is 23.8 Å². The molecule has 0 unspecified atom stereocenters. The Balaban J connectivity index is 1.31. The van der Waals surface area contributed by atoms with Crippen LogP contribution in [0.1, 0.15) is 0 Å². The first kappa shape index (κ1) is 19.7. The molecule has 3 aromatic heterocycles. The lowest BCUT2D eigenvalue weighted by Crippen LogP contribution is -2.20. The summed E-state index contributed by atoms with van der Waals surface area (Å²) in [5.41, 5.74) is 1.43. The van der Waals surface area contributed by atoms with E-state index in [2.05, 4.69) is 40.9 Å². The van der Waals surface area contributed by atoms with Gasteiger partial charge < -0.3 is 20.7 Å². The van der Waals surface area contributed by atoms with Crippen LogP contribution < -0.4 is 20.7 Å². The molecule has 4 rings (SSSR count). The number of carbonyl (C=O) groups is 1. The minimum atomic E-state index is -0.311. The van der Waals surface area contributed by atoms with Crippen molar-refractivity contribution in [2.24, 2.45) is 0 Å². The molecule has 3 heterocycles. The van der Waals surface area contributed by atoms with Crippen LogP contribution >= 0.6 is 0 Å². The van der Waals surface area contributed by atoms with Crippen molar-refractivity contribution in [2.75, 3.05) is 22.6 Å². The second-order valence-corrected chi connectivity index (χ2v) is 6.20. The van der Waals surface area contributed by atoms with Crippen LogP contribution in [0.5, 0.6) is 6.01 Å². The lowest BCUT2D eigenvalue weighted by molar-refractivity contribution is -0.118. The van der Waals surface area contributed by atoms with Crippen LogP contribution in [0.3, 0.4) is 0 Å². The van der Waals surface area contributed by atoms with Gasteiger partial charge in [-0.2, -0.15) is 0 Å². The fourth-order valence-corrected chi connectivity index (χ4v) is 2.53. The summed E-state index contributed by atoms with van der Waals surface area (Å²) in [5.74, 6) is 1.60. The van der Waals surface area contributed by atoms with Crippen molar-refractivity contribution >= 4 is 34.7 Å². The minimum Gasteiger partial charge on any atom is -0.453 e. The minimum absolute atomic E-state index is 0.152. The molecule has 3 N–H and O–H groups in total. The van der Waals surface area contributed by atoms with E-state index in [1.54, 1.807) is 42.9 Å². The van der Waals surface area contributed by atoms with Crippen molar-refractivity contribution in [3.63, 3.8) is 0 Å². The third-order valence-electron chi connectivity index (χ3n) is 3.90. The maximum Gasteiger partial charge on any atom is 0.316 e. The number of aromatic nitrogens is 5. The van der Waals surface area contributed by atoms with Crippen LogP contribution in [0, 0.1) is 0 Å². The van der Waals surface area contributed by atoms with Gasteiger partial charge in [0.25, 0.3) is 5.91 Å². The van der Waals surface area contributed by atoms with Crippen LogP contribution in [-0.4, -0.2) is 37.4 Å². The second kappa shape index (κ2) is 9.74. The van der Waals surface area contributed by atoms with Gasteiger partial charge in [0.05, 0.1) is 0 Å². The number of anilines is 5. The Labute approximate surface area is 177 Å². The Morgan fingerprint density at radius 3 is 2.19 bits per heavy atom. The molecular weight excluding hydrogens is 396 g/mol. The van der Waals surface area contributed by atoms with Gasteiger partial charge >= 0.3 is 6.01 Å². The first-order valence-corrected chi connectivity index (χ1v) is 9.31. The average Bonchev–Trinajstić information content (AvgIpc) is 2.81. The van der Waals surface area contributed by atoms with E-state index >= 15 is 0 Å². The Bertz CT molecular complexity index is 1120. The number of carbonyl (C=O) groups excluding carboxylic acids is 1. The molecule has 0 fully saturated rings. The summed E-state index contributed by atoms with van der Waals surface area (Å²) >= 11 is 0. The van der Waals surface area contributed by atoms with Gasteiger partial charge in [-0.25, -0.2) is 24.9 Å². The van der Waals surface area contributed by atoms with E-state index in [4.69, 9.17) is 4.74 Å². The van der Waals surface area contributed by atoms with E-state index in [1.807, 2.05) is 30.3 Å². The molecule has 0 radical (unpaired) electrons. The zero-order valence-electron chi connectivity index (χ0n) is 16.3. The van der Waals surface area contributed by atoms with Gasteiger partial charge in [-0.3, -0.25) is 4.79 Å². The third-order valence-corrected chi connectivity index (χ3v) is 3.90.